The lowest BCUT2D eigenvalue weighted by Gasteiger charge is -2.22. The standard InChI is InChI=1S/C26H26FN3O3S2/c1-17(31)23(30-14-22(26(28)32)29-16-30)11-7-19-6-8-20(27)13-24(19)33-15-18-4-9-21(10-5-18)35-25-3-2-12-34-25/h2-6,8-10,12-14,16-17,23,31H,7,11,15H2,1H3,(H2,28,32)/t17-,23+/m0/s1. The van der Waals surface area contributed by atoms with Crippen molar-refractivity contribution < 1.29 is 19.0 Å². The number of thiophene rings is 1. The average Bonchev–Trinajstić information content (AvgIpc) is 3.52. The summed E-state index contributed by atoms with van der Waals surface area (Å²) in [4.78, 5) is 16.5. The summed E-state index contributed by atoms with van der Waals surface area (Å²) in [7, 11) is 0. The van der Waals surface area contributed by atoms with Crippen LogP contribution in [0.25, 0.3) is 0 Å². The van der Waals surface area contributed by atoms with Gasteiger partial charge in [0.1, 0.15) is 23.9 Å². The number of ether oxygens (including phenoxy) is 1. The highest BCUT2D eigenvalue weighted by atomic mass is 32.2. The first-order valence-electron chi connectivity index (χ1n) is 11.1. The number of carbonyl (C=O) groups excluding carboxylic acids is 1. The molecule has 0 saturated carbocycles. The van der Waals surface area contributed by atoms with E-state index in [-0.39, 0.29) is 17.6 Å². The van der Waals surface area contributed by atoms with E-state index in [0.29, 0.717) is 25.2 Å². The Hall–Kier alpha value is -3.14. The summed E-state index contributed by atoms with van der Waals surface area (Å²) in [6.07, 6.45) is 3.39. The van der Waals surface area contributed by atoms with Gasteiger partial charge in [-0.1, -0.05) is 36.0 Å². The highest BCUT2D eigenvalue weighted by molar-refractivity contribution is 8.01. The van der Waals surface area contributed by atoms with Crippen LogP contribution in [0.3, 0.4) is 0 Å². The predicted molar refractivity (Wildman–Crippen MR) is 135 cm³/mol. The summed E-state index contributed by atoms with van der Waals surface area (Å²) < 4.78 is 22.9. The molecule has 4 aromatic rings. The second kappa shape index (κ2) is 11.5. The quantitative estimate of drug-likeness (QED) is 0.279. The summed E-state index contributed by atoms with van der Waals surface area (Å²) in [6, 6.07) is 16.4. The first kappa shape index (κ1) is 25.0. The summed E-state index contributed by atoms with van der Waals surface area (Å²) in [5.41, 5.74) is 7.24. The highest BCUT2D eigenvalue weighted by Gasteiger charge is 2.20. The Morgan fingerprint density at radius 3 is 2.71 bits per heavy atom. The van der Waals surface area contributed by atoms with Gasteiger partial charge < -0.3 is 20.1 Å². The van der Waals surface area contributed by atoms with Crippen molar-refractivity contribution in [3.63, 3.8) is 0 Å². The molecule has 2 aromatic heterocycles. The monoisotopic (exact) mass is 511 g/mol. The number of imidazole rings is 1. The number of hydrogen-bond donors (Lipinski definition) is 2. The lowest BCUT2D eigenvalue weighted by atomic mass is 10.0. The SMILES string of the molecule is C[C@H](O)[C@@H](CCc1ccc(F)cc1OCc1ccc(Sc2cccs2)cc1)n1cnc(C(N)=O)c1. The zero-order chi connectivity index (χ0) is 24.8. The number of nitrogens with two attached hydrogens (primary N) is 1. The fraction of sp³-hybridized carbons (Fsp3) is 0.231. The molecule has 0 aliphatic carbocycles. The van der Waals surface area contributed by atoms with E-state index in [0.717, 1.165) is 16.0 Å². The maximum atomic E-state index is 14.0. The van der Waals surface area contributed by atoms with Gasteiger partial charge in [-0.15, -0.1) is 11.3 Å². The van der Waals surface area contributed by atoms with Crippen LogP contribution in [-0.2, 0) is 13.0 Å². The minimum atomic E-state index is -0.694. The molecule has 0 bridgehead atoms. The minimum absolute atomic E-state index is 0.140. The molecule has 9 heteroatoms. The van der Waals surface area contributed by atoms with Crippen LogP contribution in [0, 0.1) is 5.82 Å². The Kier molecular flexibility index (Phi) is 8.22. The van der Waals surface area contributed by atoms with Crippen molar-refractivity contribution in [1.82, 2.24) is 9.55 Å². The van der Waals surface area contributed by atoms with Gasteiger partial charge in [-0.05, 0) is 60.5 Å². The molecular formula is C26H26FN3O3S2. The number of aliphatic hydroxyl groups excluding tert-OH is 1. The molecule has 0 unspecified atom stereocenters. The smallest absolute Gasteiger partial charge is 0.268 e. The van der Waals surface area contributed by atoms with Crippen molar-refractivity contribution in [2.24, 2.45) is 5.73 Å². The van der Waals surface area contributed by atoms with Gasteiger partial charge in [0.05, 0.1) is 22.7 Å². The molecule has 6 nitrogen and oxygen atoms in total. The van der Waals surface area contributed by atoms with Gasteiger partial charge in [0.25, 0.3) is 5.91 Å². The van der Waals surface area contributed by atoms with Crippen molar-refractivity contribution >= 4 is 29.0 Å². The van der Waals surface area contributed by atoms with Crippen LogP contribution in [-0.4, -0.2) is 26.7 Å². The van der Waals surface area contributed by atoms with E-state index in [4.69, 9.17) is 10.5 Å². The third-order valence-corrected chi connectivity index (χ3v) is 7.61. The fourth-order valence-electron chi connectivity index (χ4n) is 3.71. The number of carbonyl (C=O) groups is 1. The normalized spacial score (nSPS) is 12.9. The van der Waals surface area contributed by atoms with Crippen LogP contribution in [0.2, 0.25) is 0 Å². The van der Waals surface area contributed by atoms with E-state index in [9.17, 15) is 14.3 Å². The number of aryl methyl sites for hydroxylation is 1. The summed E-state index contributed by atoms with van der Waals surface area (Å²) in [6.45, 7) is 1.99. The molecule has 2 atom stereocenters. The minimum Gasteiger partial charge on any atom is -0.489 e. The number of nitrogens with zero attached hydrogens (tertiary/aromatic N) is 2. The number of amides is 1. The number of hydrogen-bond acceptors (Lipinski definition) is 6. The average molecular weight is 512 g/mol. The zero-order valence-corrected chi connectivity index (χ0v) is 20.8. The van der Waals surface area contributed by atoms with Crippen LogP contribution in [0.5, 0.6) is 5.75 Å². The fourth-order valence-corrected chi connectivity index (χ4v) is 5.46. The largest absolute Gasteiger partial charge is 0.489 e. The molecule has 1 amide bonds. The molecule has 35 heavy (non-hydrogen) atoms. The number of primary amides is 1. The number of aromatic nitrogens is 2. The van der Waals surface area contributed by atoms with Crippen molar-refractivity contribution in [3.8, 4) is 5.75 Å². The zero-order valence-electron chi connectivity index (χ0n) is 19.1. The van der Waals surface area contributed by atoms with Crippen LogP contribution in [0.4, 0.5) is 4.39 Å². The second-order valence-electron chi connectivity index (χ2n) is 8.14. The van der Waals surface area contributed by atoms with Crippen LogP contribution < -0.4 is 10.5 Å². The van der Waals surface area contributed by atoms with Crippen molar-refractivity contribution in [2.75, 3.05) is 0 Å². The number of benzene rings is 2. The maximum Gasteiger partial charge on any atom is 0.268 e. The van der Waals surface area contributed by atoms with Gasteiger partial charge >= 0.3 is 0 Å². The number of halogens is 1. The highest BCUT2D eigenvalue weighted by Crippen LogP contribution is 2.31. The summed E-state index contributed by atoms with van der Waals surface area (Å²) in [5, 5.41) is 12.4. The van der Waals surface area contributed by atoms with Gasteiger partial charge in [-0.2, -0.15) is 0 Å². The third kappa shape index (κ3) is 6.72. The molecule has 182 valence electrons. The Labute approximate surface area is 211 Å². The molecule has 2 heterocycles. The molecule has 0 spiro atoms. The van der Waals surface area contributed by atoms with Crippen LogP contribution >= 0.6 is 23.1 Å². The number of aliphatic hydroxyl groups is 1. The topological polar surface area (TPSA) is 90.4 Å². The van der Waals surface area contributed by atoms with E-state index < -0.39 is 12.0 Å². The van der Waals surface area contributed by atoms with Gasteiger partial charge in [-0.25, -0.2) is 9.37 Å². The second-order valence-corrected chi connectivity index (χ2v) is 10.5. The molecule has 0 radical (unpaired) electrons. The Balaban J connectivity index is 1.41. The number of rotatable bonds is 11. The van der Waals surface area contributed by atoms with E-state index in [1.807, 2.05) is 30.3 Å². The molecule has 0 saturated heterocycles. The maximum absolute atomic E-state index is 14.0. The van der Waals surface area contributed by atoms with Crippen molar-refractivity contribution in [2.45, 2.75) is 47.6 Å². The van der Waals surface area contributed by atoms with Crippen molar-refractivity contribution in [1.29, 1.82) is 0 Å². The third-order valence-electron chi connectivity index (χ3n) is 5.56. The Bertz CT molecular complexity index is 1260. The summed E-state index contributed by atoms with van der Waals surface area (Å²) in [5.74, 6) is -0.533. The first-order valence-corrected chi connectivity index (χ1v) is 12.8. The lowest BCUT2D eigenvalue weighted by Crippen LogP contribution is -2.21. The van der Waals surface area contributed by atoms with Gasteiger partial charge in [0, 0.05) is 17.2 Å². The molecule has 0 fully saturated rings. The molecular weight excluding hydrogens is 485 g/mol. The molecule has 0 aliphatic heterocycles. The lowest BCUT2D eigenvalue weighted by molar-refractivity contribution is 0.0994. The van der Waals surface area contributed by atoms with E-state index in [1.54, 1.807) is 40.7 Å². The Morgan fingerprint density at radius 2 is 2.06 bits per heavy atom. The Morgan fingerprint density at radius 1 is 1.26 bits per heavy atom. The predicted octanol–water partition coefficient (Wildman–Crippen LogP) is 5.47. The summed E-state index contributed by atoms with van der Waals surface area (Å²) >= 11 is 3.41. The van der Waals surface area contributed by atoms with E-state index in [1.165, 1.54) is 28.9 Å². The van der Waals surface area contributed by atoms with Gasteiger partial charge in [0.15, 0.2) is 0 Å². The van der Waals surface area contributed by atoms with E-state index in [2.05, 4.69) is 16.4 Å². The van der Waals surface area contributed by atoms with Crippen molar-refractivity contribution in [3.05, 3.63) is 95.1 Å². The van der Waals surface area contributed by atoms with Crippen LogP contribution in [0.1, 0.15) is 41.0 Å². The molecule has 3 N–H and O–H groups in total. The van der Waals surface area contributed by atoms with Gasteiger partial charge in [-0.3, -0.25) is 4.79 Å². The van der Waals surface area contributed by atoms with E-state index >= 15 is 0 Å². The molecule has 0 aliphatic rings. The first-order chi connectivity index (χ1) is 16.9. The van der Waals surface area contributed by atoms with Gasteiger partial charge in [0.2, 0.25) is 0 Å². The molecule has 2 aromatic carbocycles. The molecule has 4 rings (SSSR count). The van der Waals surface area contributed by atoms with Crippen LogP contribution in [0.15, 0.2) is 81.6 Å².